The second-order valence-corrected chi connectivity index (χ2v) is 7.39. The van der Waals surface area contributed by atoms with Gasteiger partial charge in [-0.2, -0.15) is 10.2 Å². The summed E-state index contributed by atoms with van der Waals surface area (Å²) in [5.74, 6) is 1.95. The van der Waals surface area contributed by atoms with Gasteiger partial charge in [0, 0.05) is 25.9 Å². The topological polar surface area (TPSA) is 114 Å². The van der Waals surface area contributed by atoms with Gasteiger partial charge in [-0.3, -0.25) is 4.79 Å². The Hall–Kier alpha value is -2.40. The van der Waals surface area contributed by atoms with Crippen LogP contribution in [0.4, 0.5) is 11.8 Å². The largest absolute Gasteiger partial charge is 0.396 e. The number of rotatable bonds is 9. The molecule has 0 saturated carbocycles. The van der Waals surface area contributed by atoms with Gasteiger partial charge in [-0.05, 0) is 43.6 Å². The van der Waals surface area contributed by atoms with E-state index in [1.165, 1.54) is 0 Å². The minimum absolute atomic E-state index is 0.00703. The molecule has 2 heterocycles. The zero-order valence-electron chi connectivity index (χ0n) is 16.2. The summed E-state index contributed by atoms with van der Waals surface area (Å²) in [6.45, 7) is 6.07. The lowest BCUT2D eigenvalue weighted by atomic mass is 9.94. The van der Waals surface area contributed by atoms with E-state index >= 15 is 0 Å². The van der Waals surface area contributed by atoms with Gasteiger partial charge >= 0.3 is 0 Å². The Labute approximate surface area is 161 Å². The first-order valence-electron chi connectivity index (χ1n) is 9.63. The van der Waals surface area contributed by atoms with Crippen LogP contribution in [0.2, 0.25) is 0 Å². The zero-order valence-corrected chi connectivity index (χ0v) is 16.2. The van der Waals surface area contributed by atoms with Gasteiger partial charge in [-0.1, -0.05) is 13.8 Å². The molecule has 148 valence electrons. The van der Waals surface area contributed by atoms with Crippen molar-refractivity contribution in [3.63, 3.8) is 0 Å². The minimum Gasteiger partial charge on any atom is -0.396 e. The normalized spacial score (nSPS) is 16.0. The van der Waals surface area contributed by atoms with E-state index in [0.29, 0.717) is 30.0 Å². The van der Waals surface area contributed by atoms with Crippen LogP contribution in [0.25, 0.3) is 0 Å². The highest BCUT2D eigenvalue weighted by Crippen LogP contribution is 2.23. The van der Waals surface area contributed by atoms with Crippen molar-refractivity contribution in [3.05, 3.63) is 12.3 Å². The van der Waals surface area contributed by atoms with Crippen LogP contribution in [0, 0.1) is 23.2 Å². The highest BCUT2D eigenvalue weighted by atomic mass is 16.3. The Balaban J connectivity index is 2.02. The molecular weight excluding hydrogens is 344 g/mol. The highest BCUT2D eigenvalue weighted by Gasteiger charge is 2.22. The molecule has 1 amide bonds. The molecule has 0 aromatic carbocycles. The summed E-state index contributed by atoms with van der Waals surface area (Å²) in [4.78, 5) is 23.4. The molecule has 2 rings (SSSR count). The summed E-state index contributed by atoms with van der Waals surface area (Å²) in [6, 6.07) is 3.24. The molecule has 1 aliphatic heterocycles. The summed E-state index contributed by atoms with van der Waals surface area (Å²) in [5.41, 5.74) is 0. The van der Waals surface area contributed by atoms with Crippen LogP contribution < -0.4 is 15.5 Å². The molecule has 1 saturated heterocycles. The minimum atomic E-state index is -0.448. The van der Waals surface area contributed by atoms with Crippen molar-refractivity contribution in [2.45, 2.75) is 45.6 Å². The number of piperidine rings is 1. The Bertz CT molecular complexity index is 637. The van der Waals surface area contributed by atoms with Gasteiger partial charge in [0.15, 0.2) is 0 Å². The van der Waals surface area contributed by atoms with Gasteiger partial charge in [0.2, 0.25) is 11.9 Å². The van der Waals surface area contributed by atoms with E-state index in [0.717, 1.165) is 32.4 Å². The van der Waals surface area contributed by atoms with E-state index in [4.69, 9.17) is 10.4 Å². The molecule has 8 nitrogen and oxygen atoms in total. The van der Waals surface area contributed by atoms with Crippen LogP contribution in [0.1, 0.15) is 39.5 Å². The van der Waals surface area contributed by atoms with Crippen LogP contribution in [-0.4, -0.2) is 53.3 Å². The zero-order chi connectivity index (χ0) is 19.6. The maximum Gasteiger partial charge on any atom is 0.243 e. The molecule has 0 radical (unpaired) electrons. The highest BCUT2D eigenvalue weighted by molar-refractivity contribution is 5.84. The number of amides is 1. The number of nitrogens with zero attached hydrogens (tertiary/aromatic N) is 4. The first-order chi connectivity index (χ1) is 13.0. The van der Waals surface area contributed by atoms with E-state index in [9.17, 15) is 4.79 Å². The summed E-state index contributed by atoms with van der Waals surface area (Å²) in [6.07, 6.45) is 5.24. The Morgan fingerprint density at radius 1 is 1.44 bits per heavy atom. The molecule has 0 spiro atoms. The predicted molar refractivity (Wildman–Crippen MR) is 104 cm³/mol. The Morgan fingerprint density at radius 2 is 2.19 bits per heavy atom. The van der Waals surface area contributed by atoms with E-state index in [1.807, 2.05) is 19.9 Å². The number of nitriles is 1. The average molecular weight is 374 g/mol. The van der Waals surface area contributed by atoms with Crippen molar-refractivity contribution in [3.8, 4) is 6.07 Å². The van der Waals surface area contributed by atoms with E-state index in [2.05, 4.69) is 25.5 Å². The number of aromatic nitrogens is 2. The molecule has 27 heavy (non-hydrogen) atoms. The van der Waals surface area contributed by atoms with Crippen LogP contribution in [-0.2, 0) is 4.79 Å². The standard InChI is InChI=1S/C19H30N6O2/c1-14(2)13-16(18(27)21-9-7-20)23-17-3-8-22-19(24-17)25-10-4-15(5-11-25)6-12-26/h3,8,14-16,26H,4-6,9-13H2,1-2H3,(H,21,27)(H,22,23,24)/t16-/m0/s1. The molecular formula is C19H30N6O2. The fourth-order valence-electron chi connectivity index (χ4n) is 3.32. The van der Waals surface area contributed by atoms with Crippen molar-refractivity contribution in [2.75, 3.05) is 36.5 Å². The number of carbonyl (C=O) groups excluding carboxylic acids is 1. The Morgan fingerprint density at radius 3 is 2.81 bits per heavy atom. The van der Waals surface area contributed by atoms with E-state index in [-0.39, 0.29) is 19.1 Å². The summed E-state index contributed by atoms with van der Waals surface area (Å²) in [5, 5.41) is 23.6. The van der Waals surface area contributed by atoms with Gasteiger partial charge in [0.25, 0.3) is 0 Å². The first kappa shape index (κ1) is 20.9. The summed E-state index contributed by atoms with van der Waals surface area (Å²) >= 11 is 0. The smallest absolute Gasteiger partial charge is 0.243 e. The van der Waals surface area contributed by atoms with Crippen molar-refractivity contribution in [1.82, 2.24) is 15.3 Å². The first-order valence-corrected chi connectivity index (χ1v) is 9.63. The summed E-state index contributed by atoms with van der Waals surface area (Å²) < 4.78 is 0. The fourth-order valence-corrected chi connectivity index (χ4v) is 3.32. The molecule has 1 aromatic rings. The lowest BCUT2D eigenvalue weighted by Gasteiger charge is -2.32. The van der Waals surface area contributed by atoms with Gasteiger partial charge in [-0.15, -0.1) is 0 Å². The summed E-state index contributed by atoms with van der Waals surface area (Å²) in [7, 11) is 0. The van der Waals surface area contributed by atoms with Gasteiger partial charge in [-0.25, -0.2) is 4.98 Å². The monoisotopic (exact) mass is 374 g/mol. The van der Waals surface area contributed by atoms with E-state index < -0.39 is 6.04 Å². The lowest BCUT2D eigenvalue weighted by molar-refractivity contribution is -0.121. The third-order valence-corrected chi connectivity index (χ3v) is 4.76. The lowest BCUT2D eigenvalue weighted by Crippen LogP contribution is -2.41. The molecule has 8 heteroatoms. The number of aliphatic hydroxyl groups excluding tert-OH is 1. The van der Waals surface area contributed by atoms with Gasteiger partial charge in [0.05, 0.1) is 6.07 Å². The van der Waals surface area contributed by atoms with Crippen molar-refractivity contribution < 1.29 is 9.90 Å². The molecule has 0 unspecified atom stereocenters. The number of carbonyl (C=O) groups is 1. The van der Waals surface area contributed by atoms with Crippen LogP contribution in [0.5, 0.6) is 0 Å². The van der Waals surface area contributed by atoms with Crippen molar-refractivity contribution in [1.29, 1.82) is 5.26 Å². The maximum atomic E-state index is 12.3. The van der Waals surface area contributed by atoms with Crippen molar-refractivity contribution >= 4 is 17.7 Å². The molecule has 0 bridgehead atoms. The molecule has 1 aromatic heterocycles. The van der Waals surface area contributed by atoms with Gasteiger partial charge in [0.1, 0.15) is 18.4 Å². The quantitative estimate of drug-likeness (QED) is 0.562. The predicted octanol–water partition coefficient (Wildman–Crippen LogP) is 1.54. The SMILES string of the molecule is CC(C)C[C@H](Nc1ccnc(N2CCC(CCO)CC2)n1)C(=O)NCC#N. The van der Waals surface area contributed by atoms with Crippen molar-refractivity contribution in [2.24, 2.45) is 11.8 Å². The Kier molecular flexibility index (Phi) is 8.27. The molecule has 1 atom stereocenters. The number of nitrogens with one attached hydrogen (secondary N) is 2. The third-order valence-electron chi connectivity index (χ3n) is 4.76. The molecule has 1 aliphatic rings. The van der Waals surface area contributed by atoms with Crippen LogP contribution in [0.3, 0.4) is 0 Å². The second kappa shape index (κ2) is 10.7. The van der Waals surface area contributed by atoms with Crippen LogP contribution >= 0.6 is 0 Å². The van der Waals surface area contributed by atoms with E-state index in [1.54, 1.807) is 12.3 Å². The fraction of sp³-hybridized carbons (Fsp3) is 0.684. The third kappa shape index (κ3) is 6.68. The number of anilines is 2. The van der Waals surface area contributed by atoms with Gasteiger partial charge < -0.3 is 20.6 Å². The number of hydrogen-bond donors (Lipinski definition) is 3. The van der Waals surface area contributed by atoms with Crippen LogP contribution in [0.15, 0.2) is 12.3 Å². The number of aliphatic hydroxyl groups is 1. The molecule has 1 fully saturated rings. The average Bonchev–Trinajstić information content (AvgIpc) is 2.66. The number of hydrogen-bond acceptors (Lipinski definition) is 7. The molecule has 3 N–H and O–H groups in total. The maximum absolute atomic E-state index is 12.3. The second-order valence-electron chi connectivity index (χ2n) is 7.39. The molecule has 0 aliphatic carbocycles.